The summed E-state index contributed by atoms with van der Waals surface area (Å²) < 4.78 is 53.5. The molecule has 0 aliphatic heterocycles. The van der Waals surface area contributed by atoms with Crippen LogP contribution in [0.5, 0.6) is 0 Å². The molecular formula is C17H10Cl2F4O. The van der Waals surface area contributed by atoms with Crippen molar-refractivity contribution in [2.75, 3.05) is 0 Å². The summed E-state index contributed by atoms with van der Waals surface area (Å²) in [5.74, 6) is -2.76. The van der Waals surface area contributed by atoms with Crippen LogP contribution < -0.4 is 0 Å². The van der Waals surface area contributed by atoms with Crippen molar-refractivity contribution in [1.29, 1.82) is 0 Å². The average molecular weight is 377 g/mol. The lowest BCUT2D eigenvalue weighted by molar-refractivity contribution is -0.139. The van der Waals surface area contributed by atoms with Crippen molar-refractivity contribution in [3.05, 3.63) is 75.0 Å². The molecule has 2 aromatic rings. The number of aldehydes is 1. The molecule has 0 aromatic heterocycles. The quantitative estimate of drug-likeness (QED) is 0.451. The van der Waals surface area contributed by atoms with E-state index in [0.717, 1.165) is 18.2 Å². The Labute approximate surface area is 145 Å². The molecule has 0 bridgehead atoms. The summed E-state index contributed by atoms with van der Waals surface area (Å²) in [7, 11) is 0. The molecule has 2 rings (SSSR count). The third-order valence-corrected chi connectivity index (χ3v) is 3.67. The third kappa shape index (κ3) is 4.58. The Hall–Kier alpha value is -1.85. The van der Waals surface area contributed by atoms with E-state index in [1.807, 2.05) is 0 Å². The molecule has 0 aliphatic carbocycles. The Balaban J connectivity index is 2.39. The van der Waals surface area contributed by atoms with Gasteiger partial charge in [-0.3, -0.25) is 4.79 Å². The highest BCUT2D eigenvalue weighted by molar-refractivity contribution is 6.34. The summed E-state index contributed by atoms with van der Waals surface area (Å²) in [6.45, 7) is 0. The van der Waals surface area contributed by atoms with Crippen LogP contribution in [0.3, 0.4) is 0 Å². The topological polar surface area (TPSA) is 17.1 Å². The number of benzene rings is 2. The lowest BCUT2D eigenvalue weighted by atomic mass is 9.97. The van der Waals surface area contributed by atoms with E-state index in [4.69, 9.17) is 23.2 Å². The molecule has 0 spiro atoms. The van der Waals surface area contributed by atoms with Crippen molar-refractivity contribution in [2.45, 2.75) is 12.1 Å². The zero-order valence-electron chi connectivity index (χ0n) is 11.9. The first-order chi connectivity index (χ1) is 11.2. The number of carbonyl (C=O) groups is 1. The summed E-state index contributed by atoms with van der Waals surface area (Å²) in [6, 6.07) is 7.20. The maximum atomic E-state index is 13.5. The Morgan fingerprint density at radius 1 is 1.00 bits per heavy atom. The van der Waals surface area contributed by atoms with Gasteiger partial charge in [0.05, 0.1) is 11.5 Å². The van der Waals surface area contributed by atoms with Gasteiger partial charge in [0.2, 0.25) is 0 Å². The Morgan fingerprint density at radius 2 is 1.62 bits per heavy atom. The molecule has 24 heavy (non-hydrogen) atoms. The lowest BCUT2D eigenvalue weighted by Gasteiger charge is -2.18. The summed E-state index contributed by atoms with van der Waals surface area (Å²) in [4.78, 5) is 10.6. The molecule has 1 atom stereocenters. The highest BCUT2D eigenvalue weighted by atomic mass is 35.5. The molecule has 2 aromatic carbocycles. The smallest absolute Gasteiger partial charge is 0.298 e. The molecule has 0 radical (unpaired) electrons. The van der Waals surface area contributed by atoms with Crippen LogP contribution in [-0.4, -0.2) is 12.5 Å². The number of halogens is 6. The minimum absolute atomic E-state index is 0.0848. The number of allylic oxidation sites excluding steroid dienone is 1. The van der Waals surface area contributed by atoms with Gasteiger partial charge in [-0.2, -0.15) is 13.2 Å². The molecule has 0 aliphatic rings. The number of rotatable bonds is 4. The van der Waals surface area contributed by atoms with Gasteiger partial charge in [-0.1, -0.05) is 41.4 Å². The van der Waals surface area contributed by atoms with Gasteiger partial charge < -0.3 is 0 Å². The molecular weight excluding hydrogens is 367 g/mol. The van der Waals surface area contributed by atoms with Gasteiger partial charge in [0.1, 0.15) is 5.82 Å². The second kappa shape index (κ2) is 7.36. The van der Waals surface area contributed by atoms with Gasteiger partial charge in [0, 0.05) is 10.0 Å². The summed E-state index contributed by atoms with van der Waals surface area (Å²) in [6.07, 6.45) is -2.23. The van der Waals surface area contributed by atoms with Gasteiger partial charge in [-0.05, 0) is 41.5 Å². The molecule has 0 N–H and O–H groups in total. The normalized spacial score (nSPS) is 13.2. The van der Waals surface area contributed by atoms with Crippen LogP contribution >= 0.6 is 23.2 Å². The summed E-state index contributed by atoms with van der Waals surface area (Å²) >= 11 is 11.5. The van der Waals surface area contributed by atoms with E-state index in [1.165, 1.54) is 30.3 Å². The van der Waals surface area contributed by atoms with Crippen LogP contribution in [0.15, 0.2) is 42.5 Å². The van der Waals surface area contributed by atoms with E-state index in [0.29, 0.717) is 6.29 Å². The SMILES string of the molecule is O=Cc1ccc(/C=C/C(c2cc(Cl)cc(Cl)c2)C(F)(F)F)cc1F. The van der Waals surface area contributed by atoms with Crippen LogP contribution in [0.2, 0.25) is 10.0 Å². The maximum absolute atomic E-state index is 13.5. The van der Waals surface area contributed by atoms with Crippen molar-refractivity contribution < 1.29 is 22.4 Å². The lowest BCUT2D eigenvalue weighted by Crippen LogP contribution is -2.18. The number of carbonyl (C=O) groups excluding carboxylic acids is 1. The van der Waals surface area contributed by atoms with Crippen molar-refractivity contribution in [1.82, 2.24) is 0 Å². The van der Waals surface area contributed by atoms with Crippen molar-refractivity contribution >= 4 is 35.6 Å². The van der Waals surface area contributed by atoms with Crippen LogP contribution in [0.4, 0.5) is 17.6 Å². The van der Waals surface area contributed by atoms with Gasteiger partial charge >= 0.3 is 6.18 Å². The Kier molecular flexibility index (Phi) is 5.67. The first kappa shape index (κ1) is 18.5. The summed E-state index contributed by atoms with van der Waals surface area (Å²) in [5.41, 5.74) is -0.0946. The fraction of sp³-hybridized carbons (Fsp3) is 0.118. The van der Waals surface area contributed by atoms with E-state index >= 15 is 0 Å². The molecule has 0 fully saturated rings. The second-order valence-electron chi connectivity index (χ2n) is 4.98. The molecule has 7 heteroatoms. The highest BCUT2D eigenvalue weighted by Crippen LogP contribution is 2.38. The average Bonchev–Trinajstić information content (AvgIpc) is 2.45. The van der Waals surface area contributed by atoms with Gasteiger partial charge in [-0.25, -0.2) is 4.39 Å². The van der Waals surface area contributed by atoms with Crippen molar-refractivity contribution in [3.63, 3.8) is 0 Å². The first-order valence-electron chi connectivity index (χ1n) is 6.66. The predicted octanol–water partition coefficient (Wildman–Crippen LogP) is 6.30. The van der Waals surface area contributed by atoms with E-state index in [-0.39, 0.29) is 26.7 Å². The Bertz CT molecular complexity index is 764. The van der Waals surface area contributed by atoms with E-state index in [1.54, 1.807) is 0 Å². The van der Waals surface area contributed by atoms with E-state index in [9.17, 15) is 22.4 Å². The molecule has 0 saturated carbocycles. The molecule has 0 saturated heterocycles. The Morgan fingerprint density at radius 3 is 2.12 bits per heavy atom. The van der Waals surface area contributed by atoms with E-state index in [2.05, 4.69) is 0 Å². The minimum atomic E-state index is -4.58. The first-order valence-corrected chi connectivity index (χ1v) is 7.42. The predicted molar refractivity (Wildman–Crippen MR) is 86.1 cm³/mol. The molecule has 126 valence electrons. The van der Waals surface area contributed by atoms with Crippen LogP contribution in [0.25, 0.3) is 6.08 Å². The fourth-order valence-electron chi connectivity index (χ4n) is 2.11. The minimum Gasteiger partial charge on any atom is -0.298 e. The van der Waals surface area contributed by atoms with Crippen LogP contribution in [-0.2, 0) is 0 Å². The number of hydrogen-bond acceptors (Lipinski definition) is 1. The second-order valence-corrected chi connectivity index (χ2v) is 5.85. The van der Waals surface area contributed by atoms with E-state index < -0.39 is 17.9 Å². The maximum Gasteiger partial charge on any atom is 0.399 e. The van der Waals surface area contributed by atoms with Crippen molar-refractivity contribution in [3.8, 4) is 0 Å². The largest absolute Gasteiger partial charge is 0.399 e. The molecule has 1 unspecified atom stereocenters. The highest BCUT2D eigenvalue weighted by Gasteiger charge is 2.39. The third-order valence-electron chi connectivity index (χ3n) is 3.23. The van der Waals surface area contributed by atoms with Gasteiger partial charge in [0.15, 0.2) is 6.29 Å². The number of hydrogen-bond donors (Lipinski definition) is 0. The van der Waals surface area contributed by atoms with Gasteiger partial charge in [0.25, 0.3) is 0 Å². The zero-order chi connectivity index (χ0) is 17.9. The molecule has 0 heterocycles. The standard InChI is InChI=1S/C17H10Cl2F4O/c18-13-6-12(7-14(19)8-13)15(17(21,22)23)4-2-10-1-3-11(9-24)16(20)5-10/h1-9,15H/b4-2+. The fourth-order valence-corrected chi connectivity index (χ4v) is 2.66. The summed E-state index contributed by atoms with van der Waals surface area (Å²) in [5, 5.41) is 0.170. The monoisotopic (exact) mass is 376 g/mol. The zero-order valence-corrected chi connectivity index (χ0v) is 13.5. The van der Waals surface area contributed by atoms with Gasteiger partial charge in [-0.15, -0.1) is 0 Å². The number of alkyl halides is 3. The molecule has 0 amide bonds. The molecule has 1 nitrogen and oxygen atoms in total. The van der Waals surface area contributed by atoms with Crippen molar-refractivity contribution in [2.24, 2.45) is 0 Å². The van der Waals surface area contributed by atoms with Crippen LogP contribution in [0.1, 0.15) is 27.4 Å². The van der Waals surface area contributed by atoms with Crippen LogP contribution in [0, 0.1) is 5.82 Å².